The highest BCUT2D eigenvalue weighted by Gasteiger charge is 2.14. The monoisotopic (exact) mass is 363 g/mol. The van der Waals surface area contributed by atoms with Crippen molar-refractivity contribution in [3.05, 3.63) is 66.5 Å². The van der Waals surface area contributed by atoms with E-state index in [2.05, 4.69) is 20.3 Å². The Labute approximate surface area is 154 Å². The van der Waals surface area contributed by atoms with Crippen LogP contribution in [0, 0.1) is 6.08 Å². The van der Waals surface area contributed by atoms with Crippen LogP contribution in [0.4, 0.5) is 27.3 Å². The van der Waals surface area contributed by atoms with Crippen molar-refractivity contribution in [2.45, 2.75) is 13.0 Å². The van der Waals surface area contributed by atoms with Gasteiger partial charge in [0.2, 0.25) is 0 Å². The fourth-order valence-electron chi connectivity index (χ4n) is 2.86. The van der Waals surface area contributed by atoms with Crippen LogP contribution in [0.1, 0.15) is 5.56 Å². The van der Waals surface area contributed by atoms with Gasteiger partial charge in [0.15, 0.2) is 17.0 Å². The molecule has 0 atom stereocenters. The standard InChI is InChI=1S/C19H18FN7/c20-19-25-17(24-15-3-1-2-14(22)10-15)16-18(26-19)27(11-23-16)9-8-12-4-6-13(21)7-5-12/h1-7,10-11H,8-9,21-22H2,(H,24,25,26). The average molecular weight is 363 g/mol. The van der Waals surface area contributed by atoms with Crippen LogP contribution >= 0.6 is 0 Å². The number of imidazole rings is 1. The summed E-state index contributed by atoms with van der Waals surface area (Å²) < 4.78 is 15.8. The molecular formula is C19H18FN7. The van der Waals surface area contributed by atoms with Crippen molar-refractivity contribution < 1.29 is 4.39 Å². The van der Waals surface area contributed by atoms with Gasteiger partial charge in [-0.25, -0.2) is 4.98 Å². The number of halogens is 1. The molecule has 8 heteroatoms. The highest BCUT2D eigenvalue weighted by Crippen LogP contribution is 2.24. The van der Waals surface area contributed by atoms with Gasteiger partial charge in [0, 0.05) is 23.6 Å². The molecule has 0 aliphatic heterocycles. The normalized spacial score (nSPS) is 11.0. The number of aryl methyl sites for hydroxylation is 2. The van der Waals surface area contributed by atoms with Crippen molar-refractivity contribution in [1.82, 2.24) is 19.5 Å². The van der Waals surface area contributed by atoms with Gasteiger partial charge in [-0.15, -0.1) is 0 Å². The number of nitrogens with two attached hydrogens (primary N) is 2. The number of anilines is 4. The minimum Gasteiger partial charge on any atom is -0.399 e. The molecule has 2 heterocycles. The Hall–Kier alpha value is -3.68. The van der Waals surface area contributed by atoms with Crippen LogP contribution in [0.3, 0.4) is 0 Å². The van der Waals surface area contributed by atoms with Gasteiger partial charge in [-0.1, -0.05) is 18.2 Å². The van der Waals surface area contributed by atoms with Crippen molar-refractivity contribution in [2.75, 3.05) is 16.8 Å². The number of hydrogen-bond donors (Lipinski definition) is 3. The lowest BCUT2D eigenvalue weighted by Crippen LogP contribution is -2.04. The fourth-order valence-corrected chi connectivity index (χ4v) is 2.86. The Morgan fingerprint density at radius 2 is 1.81 bits per heavy atom. The quantitative estimate of drug-likeness (QED) is 0.371. The Morgan fingerprint density at radius 1 is 1.00 bits per heavy atom. The number of benzene rings is 2. The first-order valence-electron chi connectivity index (χ1n) is 8.44. The van der Waals surface area contributed by atoms with Crippen LogP contribution in [0.15, 0.2) is 54.9 Å². The Balaban J connectivity index is 1.62. The van der Waals surface area contributed by atoms with Crippen LogP contribution < -0.4 is 16.8 Å². The Kier molecular flexibility index (Phi) is 4.29. The molecule has 0 amide bonds. The fraction of sp³-hybridized carbons (Fsp3) is 0.105. The zero-order valence-electron chi connectivity index (χ0n) is 14.4. The average Bonchev–Trinajstić information content (AvgIpc) is 3.04. The number of hydrogen-bond acceptors (Lipinski definition) is 6. The molecule has 136 valence electrons. The van der Waals surface area contributed by atoms with Crippen LogP contribution in [0.2, 0.25) is 0 Å². The second-order valence-corrected chi connectivity index (χ2v) is 6.19. The Bertz CT molecular complexity index is 1090. The van der Waals surface area contributed by atoms with E-state index in [0.29, 0.717) is 34.9 Å². The zero-order valence-corrected chi connectivity index (χ0v) is 14.4. The predicted octanol–water partition coefficient (Wildman–Crippen LogP) is 3.12. The summed E-state index contributed by atoms with van der Waals surface area (Å²) in [5, 5.41) is 3.06. The van der Waals surface area contributed by atoms with Gasteiger partial charge in [-0.3, -0.25) is 0 Å². The van der Waals surface area contributed by atoms with Crippen molar-refractivity contribution in [3.8, 4) is 0 Å². The van der Waals surface area contributed by atoms with E-state index in [0.717, 1.165) is 17.7 Å². The van der Waals surface area contributed by atoms with Gasteiger partial charge in [-0.2, -0.15) is 14.4 Å². The highest BCUT2D eigenvalue weighted by atomic mass is 19.1. The smallest absolute Gasteiger partial charge is 0.312 e. The third-order valence-electron chi connectivity index (χ3n) is 4.21. The number of nitrogens with zero attached hydrogens (tertiary/aromatic N) is 4. The summed E-state index contributed by atoms with van der Waals surface area (Å²) >= 11 is 0. The second-order valence-electron chi connectivity index (χ2n) is 6.19. The lowest BCUT2D eigenvalue weighted by molar-refractivity contribution is 0.542. The van der Waals surface area contributed by atoms with Crippen molar-refractivity contribution in [3.63, 3.8) is 0 Å². The SMILES string of the molecule is Nc1ccc(CCn2cnc3c(Nc4cccc(N)c4)nc(F)nc32)cc1. The number of aromatic nitrogens is 4. The molecule has 5 N–H and O–H groups in total. The lowest BCUT2D eigenvalue weighted by Gasteiger charge is -2.08. The van der Waals surface area contributed by atoms with Crippen molar-refractivity contribution >= 4 is 34.0 Å². The second kappa shape index (κ2) is 6.91. The molecule has 0 saturated carbocycles. The molecule has 0 spiro atoms. The highest BCUT2D eigenvalue weighted by molar-refractivity contribution is 5.85. The summed E-state index contributed by atoms with van der Waals surface area (Å²) in [6.45, 7) is 0.606. The summed E-state index contributed by atoms with van der Waals surface area (Å²) in [7, 11) is 0. The molecule has 0 fully saturated rings. The largest absolute Gasteiger partial charge is 0.399 e. The first-order valence-corrected chi connectivity index (χ1v) is 8.44. The van der Waals surface area contributed by atoms with Crippen LogP contribution in [-0.4, -0.2) is 19.5 Å². The Morgan fingerprint density at radius 3 is 2.59 bits per heavy atom. The summed E-state index contributed by atoms with van der Waals surface area (Å²) in [5.74, 6) is 0.300. The molecule has 4 rings (SSSR count). The van der Waals surface area contributed by atoms with E-state index in [4.69, 9.17) is 11.5 Å². The number of rotatable bonds is 5. The summed E-state index contributed by atoms with van der Waals surface area (Å²) in [6, 6.07) is 14.8. The van der Waals surface area contributed by atoms with Gasteiger partial charge < -0.3 is 21.4 Å². The maximum Gasteiger partial charge on any atom is 0.312 e. The van der Waals surface area contributed by atoms with Gasteiger partial charge in [0.25, 0.3) is 0 Å². The summed E-state index contributed by atoms with van der Waals surface area (Å²) in [4.78, 5) is 12.1. The molecule has 0 bridgehead atoms. The van der Waals surface area contributed by atoms with E-state index in [-0.39, 0.29) is 0 Å². The molecule has 0 aliphatic carbocycles. The van der Waals surface area contributed by atoms with Crippen LogP contribution in [0.25, 0.3) is 11.2 Å². The maximum atomic E-state index is 14.0. The van der Waals surface area contributed by atoms with E-state index in [1.807, 2.05) is 30.3 Å². The van der Waals surface area contributed by atoms with E-state index >= 15 is 0 Å². The molecule has 4 aromatic rings. The third kappa shape index (κ3) is 3.64. The molecule has 0 aliphatic rings. The summed E-state index contributed by atoms with van der Waals surface area (Å²) in [6.07, 6.45) is 1.57. The zero-order chi connectivity index (χ0) is 18.8. The van der Waals surface area contributed by atoms with Gasteiger partial charge in [0.1, 0.15) is 0 Å². The maximum absolute atomic E-state index is 14.0. The van der Waals surface area contributed by atoms with Crippen LogP contribution in [0.5, 0.6) is 0 Å². The summed E-state index contributed by atoms with van der Waals surface area (Å²) in [5.41, 5.74) is 15.6. The molecule has 0 radical (unpaired) electrons. The third-order valence-corrected chi connectivity index (χ3v) is 4.21. The predicted molar refractivity (Wildman–Crippen MR) is 104 cm³/mol. The molecular weight excluding hydrogens is 345 g/mol. The molecule has 0 saturated heterocycles. The van der Waals surface area contributed by atoms with E-state index in [1.54, 1.807) is 29.1 Å². The van der Waals surface area contributed by atoms with Gasteiger partial charge in [0.05, 0.1) is 6.33 Å². The van der Waals surface area contributed by atoms with Crippen molar-refractivity contribution in [2.24, 2.45) is 0 Å². The minimum absolute atomic E-state index is 0.300. The molecule has 27 heavy (non-hydrogen) atoms. The van der Waals surface area contributed by atoms with Crippen LogP contribution in [-0.2, 0) is 13.0 Å². The number of fused-ring (bicyclic) bond motifs is 1. The van der Waals surface area contributed by atoms with Gasteiger partial charge >= 0.3 is 6.08 Å². The van der Waals surface area contributed by atoms with Crippen molar-refractivity contribution in [1.29, 1.82) is 0 Å². The first kappa shape index (κ1) is 16.8. The van der Waals surface area contributed by atoms with Gasteiger partial charge in [-0.05, 0) is 42.3 Å². The van der Waals surface area contributed by atoms with E-state index in [9.17, 15) is 4.39 Å². The van der Waals surface area contributed by atoms with E-state index < -0.39 is 6.08 Å². The first-order chi connectivity index (χ1) is 13.1. The number of nitrogens with one attached hydrogen (secondary N) is 1. The van der Waals surface area contributed by atoms with E-state index in [1.165, 1.54) is 0 Å². The topological polar surface area (TPSA) is 108 Å². The lowest BCUT2D eigenvalue weighted by atomic mass is 10.1. The molecule has 7 nitrogen and oxygen atoms in total. The number of nitrogen functional groups attached to an aromatic ring is 2. The molecule has 2 aromatic carbocycles. The molecule has 0 unspecified atom stereocenters. The minimum atomic E-state index is -0.817. The molecule has 2 aromatic heterocycles.